The van der Waals surface area contributed by atoms with Crippen molar-refractivity contribution in [3.05, 3.63) is 59.3 Å². The summed E-state index contributed by atoms with van der Waals surface area (Å²) in [6.45, 7) is 1.50. The molecule has 0 aliphatic carbocycles. The van der Waals surface area contributed by atoms with Crippen molar-refractivity contribution < 1.29 is 24.2 Å². The maximum atomic E-state index is 12.3. The van der Waals surface area contributed by atoms with E-state index in [1.807, 2.05) is 0 Å². The zero-order valence-electron chi connectivity index (χ0n) is 13.5. The molecule has 25 heavy (non-hydrogen) atoms. The number of nitrogens with zero attached hydrogens (tertiary/aromatic N) is 1. The summed E-state index contributed by atoms with van der Waals surface area (Å²) < 4.78 is 10.9. The third-order valence-electron chi connectivity index (χ3n) is 3.83. The summed E-state index contributed by atoms with van der Waals surface area (Å²) in [6.07, 6.45) is 2.31. The Hall–Kier alpha value is -2.93. The van der Waals surface area contributed by atoms with E-state index in [9.17, 15) is 9.59 Å². The number of pyridine rings is 1. The standard InChI is InChI=1S/C18H18N2O5/c21-17(20-10-12-1-3-13(4-2-12)18(22)23)14-5-7-19-16(9-14)25-15-6-8-24-11-15/h1-5,7,9,15H,6,8,10-11H2,(H,20,21)(H,22,23). The van der Waals surface area contributed by atoms with Gasteiger partial charge in [-0.05, 0) is 23.8 Å². The smallest absolute Gasteiger partial charge is 0.335 e. The molecular weight excluding hydrogens is 324 g/mol. The van der Waals surface area contributed by atoms with Crippen LogP contribution >= 0.6 is 0 Å². The fourth-order valence-corrected chi connectivity index (χ4v) is 2.44. The predicted molar refractivity (Wildman–Crippen MR) is 88.7 cm³/mol. The molecular formula is C18H18N2O5. The highest BCUT2D eigenvalue weighted by atomic mass is 16.5. The van der Waals surface area contributed by atoms with Crippen LogP contribution in [0.1, 0.15) is 32.7 Å². The van der Waals surface area contributed by atoms with Crippen LogP contribution in [0.25, 0.3) is 0 Å². The lowest BCUT2D eigenvalue weighted by molar-refractivity contribution is 0.0696. The summed E-state index contributed by atoms with van der Waals surface area (Å²) in [7, 11) is 0. The van der Waals surface area contributed by atoms with Crippen LogP contribution < -0.4 is 10.1 Å². The van der Waals surface area contributed by atoms with Gasteiger partial charge in [0, 0.05) is 30.8 Å². The number of carboxylic acids is 1. The maximum Gasteiger partial charge on any atom is 0.335 e. The van der Waals surface area contributed by atoms with Crippen molar-refractivity contribution in [3.63, 3.8) is 0 Å². The minimum atomic E-state index is -0.979. The van der Waals surface area contributed by atoms with Gasteiger partial charge in [0.1, 0.15) is 6.10 Å². The molecule has 0 bridgehead atoms. The van der Waals surface area contributed by atoms with E-state index in [0.717, 1.165) is 12.0 Å². The summed E-state index contributed by atoms with van der Waals surface area (Å²) in [6, 6.07) is 9.57. The number of carboxylic acid groups (broad SMARTS) is 1. The molecule has 7 nitrogen and oxygen atoms in total. The minimum Gasteiger partial charge on any atom is -0.478 e. The number of benzene rings is 1. The van der Waals surface area contributed by atoms with E-state index in [2.05, 4.69) is 10.3 Å². The van der Waals surface area contributed by atoms with Gasteiger partial charge in [0.25, 0.3) is 5.91 Å². The molecule has 130 valence electrons. The summed E-state index contributed by atoms with van der Waals surface area (Å²) in [5.74, 6) is -0.834. The Morgan fingerprint density at radius 3 is 2.72 bits per heavy atom. The first-order valence-electron chi connectivity index (χ1n) is 7.93. The fraction of sp³-hybridized carbons (Fsp3) is 0.278. The number of hydrogen-bond acceptors (Lipinski definition) is 5. The molecule has 2 heterocycles. The first kappa shape index (κ1) is 16.9. The van der Waals surface area contributed by atoms with E-state index in [1.54, 1.807) is 24.3 Å². The number of amides is 1. The summed E-state index contributed by atoms with van der Waals surface area (Å²) in [4.78, 5) is 27.2. The molecule has 1 fully saturated rings. The second-order valence-electron chi connectivity index (χ2n) is 5.67. The number of carbonyl (C=O) groups is 2. The van der Waals surface area contributed by atoms with Crippen molar-refractivity contribution in [1.82, 2.24) is 10.3 Å². The van der Waals surface area contributed by atoms with Crippen molar-refractivity contribution in [2.24, 2.45) is 0 Å². The molecule has 1 saturated heterocycles. The summed E-state index contributed by atoms with van der Waals surface area (Å²) in [5.41, 5.74) is 1.47. The highest BCUT2D eigenvalue weighted by Gasteiger charge is 2.18. The third kappa shape index (κ3) is 4.54. The van der Waals surface area contributed by atoms with Crippen molar-refractivity contribution in [3.8, 4) is 5.88 Å². The quantitative estimate of drug-likeness (QED) is 0.832. The van der Waals surface area contributed by atoms with Crippen LogP contribution in [0.2, 0.25) is 0 Å². The average molecular weight is 342 g/mol. The number of rotatable bonds is 6. The number of ether oxygens (including phenoxy) is 2. The Morgan fingerprint density at radius 2 is 2.04 bits per heavy atom. The first-order valence-corrected chi connectivity index (χ1v) is 7.93. The van der Waals surface area contributed by atoms with Crippen molar-refractivity contribution in [2.75, 3.05) is 13.2 Å². The number of aromatic carboxylic acids is 1. The highest BCUT2D eigenvalue weighted by molar-refractivity contribution is 5.94. The van der Waals surface area contributed by atoms with E-state index >= 15 is 0 Å². The lowest BCUT2D eigenvalue weighted by Crippen LogP contribution is -2.23. The van der Waals surface area contributed by atoms with Gasteiger partial charge in [0.15, 0.2) is 0 Å². The molecule has 2 aromatic rings. The molecule has 2 N–H and O–H groups in total. The largest absolute Gasteiger partial charge is 0.478 e. The highest BCUT2D eigenvalue weighted by Crippen LogP contribution is 2.15. The van der Waals surface area contributed by atoms with Crippen LogP contribution in [0.4, 0.5) is 0 Å². The zero-order valence-corrected chi connectivity index (χ0v) is 13.5. The van der Waals surface area contributed by atoms with Gasteiger partial charge in [-0.2, -0.15) is 0 Å². The van der Waals surface area contributed by atoms with Gasteiger partial charge in [-0.3, -0.25) is 4.79 Å². The number of carbonyl (C=O) groups excluding carboxylic acids is 1. The lowest BCUT2D eigenvalue weighted by atomic mass is 10.1. The molecule has 1 aliphatic rings. The Labute approximate surface area is 144 Å². The van der Waals surface area contributed by atoms with Crippen LogP contribution in [0.3, 0.4) is 0 Å². The van der Waals surface area contributed by atoms with E-state index in [-0.39, 0.29) is 17.6 Å². The monoisotopic (exact) mass is 342 g/mol. The van der Waals surface area contributed by atoms with E-state index in [4.69, 9.17) is 14.6 Å². The van der Waals surface area contributed by atoms with Crippen LogP contribution in [-0.4, -0.2) is 41.3 Å². The van der Waals surface area contributed by atoms with Gasteiger partial charge in [-0.1, -0.05) is 12.1 Å². The van der Waals surface area contributed by atoms with Gasteiger partial charge in [-0.25, -0.2) is 9.78 Å². The van der Waals surface area contributed by atoms with E-state index < -0.39 is 5.97 Å². The topological polar surface area (TPSA) is 97.8 Å². The average Bonchev–Trinajstić information content (AvgIpc) is 3.13. The molecule has 1 aromatic heterocycles. The van der Waals surface area contributed by atoms with Crippen LogP contribution in [0.5, 0.6) is 5.88 Å². The van der Waals surface area contributed by atoms with Gasteiger partial charge in [0.05, 0.1) is 18.8 Å². The Bertz CT molecular complexity index is 754. The normalized spacial score (nSPS) is 16.4. The molecule has 1 aliphatic heterocycles. The molecule has 7 heteroatoms. The predicted octanol–water partition coefficient (Wildman–Crippen LogP) is 1.88. The third-order valence-corrected chi connectivity index (χ3v) is 3.83. The van der Waals surface area contributed by atoms with Crippen LogP contribution in [0, 0.1) is 0 Å². The molecule has 0 spiro atoms. The Morgan fingerprint density at radius 1 is 1.24 bits per heavy atom. The molecule has 0 radical (unpaired) electrons. The van der Waals surface area contributed by atoms with E-state index in [0.29, 0.717) is 31.2 Å². The minimum absolute atomic E-state index is 0.0291. The Kier molecular flexibility index (Phi) is 5.25. The SMILES string of the molecule is O=C(O)c1ccc(CNC(=O)c2ccnc(OC3CCOC3)c2)cc1. The molecule has 1 atom stereocenters. The first-order chi connectivity index (χ1) is 12.1. The Balaban J connectivity index is 1.58. The summed E-state index contributed by atoms with van der Waals surface area (Å²) >= 11 is 0. The van der Waals surface area contributed by atoms with Gasteiger partial charge in [0.2, 0.25) is 5.88 Å². The zero-order chi connectivity index (χ0) is 17.6. The van der Waals surface area contributed by atoms with Gasteiger partial charge in [-0.15, -0.1) is 0 Å². The second-order valence-corrected chi connectivity index (χ2v) is 5.67. The van der Waals surface area contributed by atoms with Gasteiger partial charge < -0.3 is 19.9 Å². The van der Waals surface area contributed by atoms with Crippen molar-refractivity contribution >= 4 is 11.9 Å². The second kappa shape index (κ2) is 7.76. The van der Waals surface area contributed by atoms with Crippen molar-refractivity contribution in [1.29, 1.82) is 0 Å². The molecule has 0 saturated carbocycles. The van der Waals surface area contributed by atoms with Crippen LogP contribution in [0.15, 0.2) is 42.6 Å². The number of nitrogens with one attached hydrogen (secondary N) is 1. The fourth-order valence-electron chi connectivity index (χ4n) is 2.44. The summed E-state index contributed by atoms with van der Waals surface area (Å²) in [5, 5.41) is 11.7. The molecule has 3 rings (SSSR count). The maximum absolute atomic E-state index is 12.3. The number of hydrogen-bond donors (Lipinski definition) is 2. The van der Waals surface area contributed by atoms with E-state index in [1.165, 1.54) is 18.3 Å². The molecule has 1 aromatic carbocycles. The van der Waals surface area contributed by atoms with Crippen LogP contribution in [-0.2, 0) is 11.3 Å². The van der Waals surface area contributed by atoms with Gasteiger partial charge >= 0.3 is 5.97 Å². The molecule has 1 amide bonds. The van der Waals surface area contributed by atoms with Crippen molar-refractivity contribution in [2.45, 2.75) is 19.1 Å². The lowest BCUT2D eigenvalue weighted by Gasteiger charge is -2.11. The molecule has 1 unspecified atom stereocenters. The number of aromatic nitrogens is 1.